The van der Waals surface area contributed by atoms with Crippen molar-refractivity contribution in [3.05, 3.63) is 61.5 Å². The summed E-state index contributed by atoms with van der Waals surface area (Å²) in [6.07, 6.45) is 0. The second-order valence-electron chi connectivity index (χ2n) is 3.94. The quantitative estimate of drug-likeness (QED) is 0.648. The van der Waals surface area contributed by atoms with E-state index < -0.39 is 0 Å². The minimum Gasteiger partial charge on any atom is -0.489 e. The van der Waals surface area contributed by atoms with Crippen molar-refractivity contribution < 1.29 is 4.74 Å². The zero-order valence-corrected chi connectivity index (χ0v) is 13.6. The predicted octanol–water partition coefficient (Wildman–Crippen LogP) is 5.75. The number of hydrogen-bond donors (Lipinski definition) is 0. The lowest BCUT2D eigenvalue weighted by molar-refractivity contribution is 0.306. The van der Waals surface area contributed by atoms with E-state index in [4.69, 9.17) is 16.3 Å². The Morgan fingerprint density at radius 3 is 2.56 bits per heavy atom. The third kappa shape index (κ3) is 3.50. The van der Waals surface area contributed by atoms with Gasteiger partial charge in [0.1, 0.15) is 12.4 Å². The Kier molecular flexibility index (Phi) is 4.71. The molecule has 0 aromatic heterocycles. The summed E-state index contributed by atoms with van der Waals surface area (Å²) in [6, 6.07) is 11.7. The highest BCUT2D eigenvalue weighted by atomic mass is 79.9. The van der Waals surface area contributed by atoms with Gasteiger partial charge in [-0.2, -0.15) is 0 Å². The molecule has 2 aromatic rings. The minimum absolute atomic E-state index is 0.465. The Hall–Kier alpha value is -0.510. The average Bonchev–Trinajstić information content (AvgIpc) is 2.32. The van der Waals surface area contributed by atoms with E-state index in [1.165, 1.54) is 0 Å². The molecule has 0 N–H and O–H groups in total. The maximum atomic E-state index is 6.13. The van der Waals surface area contributed by atoms with E-state index in [-0.39, 0.29) is 0 Å². The van der Waals surface area contributed by atoms with Crippen LogP contribution in [0.25, 0.3) is 0 Å². The van der Waals surface area contributed by atoms with Gasteiger partial charge in [-0.25, -0.2) is 0 Å². The first kappa shape index (κ1) is 13.9. The van der Waals surface area contributed by atoms with Crippen molar-refractivity contribution in [3.63, 3.8) is 0 Å². The number of aryl methyl sites for hydroxylation is 1. The molecule has 4 heteroatoms. The Morgan fingerprint density at radius 1 is 1.11 bits per heavy atom. The Balaban J connectivity index is 2.09. The highest BCUT2D eigenvalue weighted by molar-refractivity contribution is 9.10. The first-order valence-electron chi connectivity index (χ1n) is 5.39. The molecular formula is C14H11Br2ClO. The molecule has 2 rings (SSSR count). The summed E-state index contributed by atoms with van der Waals surface area (Å²) in [7, 11) is 0. The van der Waals surface area contributed by atoms with Gasteiger partial charge < -0.3 is 4.74 Å². The van der Waals surface area contributed by atoms with Gasteiger partial charge in [-0.1, -0.05) is 49.5 Å². The van der Waals surface area contributed by atoms with Crippen molar-refractivity contribution in [2.45, 2.75) is 13.5 Å². The van der Waals surface area contributed by atoms with Crippen molar-refractivity contribution in [1.82, 2.24) is 0 Å². The van der Waals surface area contributed by atoms with Crippen LogP contribution in [0.4, 0.5) is 0 Å². The number of rotatable bonds is 3. The largest absolute Gasteiger partial charge is 0.489 e. The molecule has 0 aliphatic rings. The van der Waals surface area contributed by atoms with Gasteiger partial charge in [-0.05, 0) is 42.8 Å². The fourth-order valence-electron chi connectivity index (χ4n) is 1.51. The number of benzene rings is 2. The Morgan fingerprint density at radius 2 is 1.89 bits per heavy atom. The van der Waals surface area contributed by atoms with Crippen LogP contribution in [0.3, 0.4) is 0 Å². The van der Waals surface area contributed by atoms with Crippen molar-refractivity contribution in [3.8, 4) is 5.75 Å². The van der Waals surface area contributed by atoms with E-state index in [0.717, 1.165) is 25.8 Å². The summed E-state index contributed by atoms with van der Waals surface area (Å²) in [4.78, 5) is 0. The van der Waals surface area contributed by atoms with E-state index in [9.17, 15) is 0 Å². The van der Waals surface area contributed by atoms with Crippen LogP contribution in [0.2, 0.25) is 5.02 Å². The molecule has 0 aliphatic heterocycles. The number of hydrogen-bond acceptors (Lipinski definition) is 1. The molecule has 2 aromatic carbocycles. The molecule has 0 saturated carbocycles. The average molecular weight is 391 g/mol. The van der Waals surface area contributed by atoms with Crippen molar-refractivity contribution in [2.24, 2.45) is 0 Å². The van der Waals surface area contributed by atoms with Crippen molar-refractivity contribution in [2.75, 3.05) is 0 Å². The third-order valence-electron chi connectivity index (χ3n) is 2.54. The molecule has 18 heavy (non-hydrogen) atoms. The zero-order valence-electron chi connectivity index (χ0n) is 9.71. The zero-order chi connectivity index (χ0) is 13.1. The summed E-state index contributed by atoms with van der Waals surface area (Å²) in [5.41, 5.74) is 2.12. The molecular weight excluding hydrogens is 379 g/mol. The van der Waals surface area contributed by atoms with Crippen LogP contribution in [0.15, 0.2) is 45.3 Å². The van der Waals surface area contributed by atoms with E-state index in [2.05, 4.69) is 31.9 Å². The van der Waals surface area contributed by atoms with E-state index in [1.807, 2.05) is 43.3 Å². The molecule has 0 amide bonds. The number of halogens is 3. The summed E-state index contributed by atoms with van der Waals surface area (Å²) in [5, 5.41) is 0.707. The molecule has 94 valence electrons. The molecule has 1 nitrogen and oxygen atoms in total. The van der Waals surface area contributed by atoms with Crippen LogP contribution in [-0.2, 0) is 6.61 Å². The SMILES string of the molecule is Cc1cc(OCc2ccc(Br)cc2Cl)ccc1Br. The van der Waals surface area contributed by atoms with E-state index >= 15 is 0 Å². The molecule has 0 saturated heterocycles. The summed E-state index contributed by atoms with van der Waals surface area (Å²) >= 11 is 13.0. The highest BCUT2D eigenvalue weighted by Gasteiger charge is 2.03. The minimum atomic E-state index is 0.465. The highest BCUT2D eigenvalue weighted by Crippen LogP contribution is 2.25. The van der Waals surface area contributed by atoms with Crippen LogP contribution >= 0.6 is 43.5 Å². The maximum Gasteiger partial charge on any atom is 0.120 e. The van der Waals surface area contributed by atoms with Crippen LogP contribution in [0.1, 0.15) is 11.1 Å². The van der Waals surface area contributed by atoms with Crippen LogP contribution in [0.5, 0.6) is 5.75 Å². The van der Waals surface area contributed by atoms with Crippen molar-refractivity contribution in [1.29, 1.82) is 0 Å². The van der Waals surface area contributed by atoms with Gasteiger partial charge >= 0.3 is 0 Å². The fraction of sp³-hybridized carbons (Fsp3) is 0.143. The second kappa shape index (κ2) is 6.09. The summed E-state index contributed by atoms with van der Waals surface area (Å²) in [6.45, 7) is 2.50. The van der Waals surface area contributed by atoms with Crippen LogP contribution in [-0.4, -0.2) is 0 Å². The van der Waals surface area contributed by atoms with Crippen LogP contribution in [0, 0.1) is 6.92 Å². The lowest BCUT2D eigenvalue weighted by Crippen LogP contribution is -1.96. The van der Waals surface area contributed by atoms with Crippen molar-refractivity contribution >= 4 is 43.5 Å². The standard InChI is InChI=1S/C14H11Br2ClO/c1-9-6-12(4-5-13(9)16)18-8-10-2-3-11(15)7-14(10)17/h2-7H,8H2,1H3. The van der Waals surface area contributed by atoms with Crippen LogP contribution < -0.4 is 4.74 Å². The fourth-order valence-corrected chi connectivity index (χ4v) is 2.48. The monoisotopic (exact) mass is 388 g/mol. The molecule has 0 bridgehead atoms. The topological polar surface area (TPSA) is 9.23 Å². The molecule has 0 spiro atoms. The Labute approximate surface area is 128 Å². The molecule has 0 heterocycles. The smallest absolute Gasteiger partial charge is 0.120 e. The second-order valence-corrected chi connectivity index (χ2v) is 6.11. The first-order valence-corrected chi connectivity index (χ1v) is 7.35. The Bertz CT molecular complexity index is 570. The van der Waals surface area contributed by atoms with Gasteiger partial charge in [-0.15, -0.1) is 0 Å². The molecule has 0 fully saturated rings. The molecule has 0 aliphatic carbocycles. The maximum absolute atomic E-state index is 6.13. The normalized spacial score (nSPS) is 10.4. The molecule has 0 unspecified atom stereocenters. The first-order chi connectivity index (χ1) is 8.56. The molecule has 0 atom stereocenters. The summed E-state index contributed by atoms with van der Waals surface area (Å²) < 4.78 is 7.78. The number of ether oxygens (including phenoxy) is 1. The lowest BCUT2D eigenvalue weighted by atomic mass is 10.2. The van der Waals surface area contributed by atoms with E-state index in [1.54, 1.807) is 0 Å². The van der Waals surface area contributed by atoms with Gasteiger partial charge in [0.15, 0.2) is 0 Å². The van der Waals surface area contributed by atoms with E-state index in [0.29, 0.717) is 11.6 Å². The third-order valence-corrected chi connectivity index (χ3v) is 4.27. The van der Waals surface area contributed by atoms with Gasteiger partial charge in [0.2, 0.25) is 0 Å². The lowest BCUT2D eigenvalue weighted by Gasteiger charge is -2.09. The molecule has 0 radical (unpaired) electrons. The van der Waals surface area contributed by atoms with Gasteiger partial charge in [-0.3, -0.25) is 0 Å². The predicted molar refractivity (Wildman–Crippen MR) is 82.4 cm³/mol. The van der Waals surface area contributed by atoms with Gasteiger partial charge in [0.05, 0.1) is 0 Å². The summed E-state index contributed by atoms with van der Waals surface area (Å²) in [5.74, 6) is 0.842. The van der Waals surface area contributed by atoms with Gasteiger partial charge in [0.25, 0.3) is 0 Å². The van der Waals surface area contributed by atoms with Gasteiger partial charge in [0, 0.05) is 19.5 Å².